The highest BCUT2D eigenvalue weighted by Gasteiger charge is 2.24. The van der Waals surface area contributed by atoms with Crippen LogP contribution in [0.1, 0.15) is 30.0 Å². The van der Waals surface area contributed by atoms with E-state index in [1.165, 1.54) is 16.0 Å². The highest BCUT2D eigenvalue weighted by Crippen LogP contribution is 2.34. The summed E-state index contributed by atoms with van der Waals surface area (Å²) in [4.78, 5) is 6.01. The number of aromatic nitrogens is 1. The van der Waals surface area contributed by atoms with Crippen LogP contribution >= 0.6 is 11.3 Å². The first kappa shape index (κ1) is 13.2. The van der Waals surface area contributed by atoms with Crippen LogP contribution < -0.4 is 5.32 Å². The molecule has 0 bridgehead atoms. The molecule has 2 nitrogen and oxygen atoms in total. The maximum Gasteiger partial charge on any atom is 0.123 e. The lowest BCUT2D eigenvalue weighted by Gasteiger charge is -2.22. The van der Waals surface area contributed by atoms with E-state index in [9.17, 15) is 0 Å². The van der Waals surface area contributed by atoms with Gasteiger partial charge in [0.15, 0.2) is 0 Å². The van der Waals surface area contributed by atoms with E-state index in [1.54, 1.807) is 11.3 Å². The Kier molecular flexibility index (Phi) is 3.55. The summed E-state index contributed by atoms with van der Waals surface area (Å²) in [6.07, 6.45) is 0. The van der Waals surface area contributed by atoms with Gasteiger partial charge in [0.1, 0.15) is 5.01 Å². The van der Waals surface area contributed by atoms with E-state index in [-0.39, 0.29) is 5.54 Å². The molecule has 2 rings (SSSR count). The Bertz CT molecular complexity index is 538. The third kappa shape index (κ3) is 2.47. The summed E-state index contributed by atoms with van der Waals surface area (Å²) in [7, 11) is 1.99. The fourth-order valence-corrected chi connectivity index (χ4v) is 3.09. The van der Waals surface area contributed by atoms with Crippen molar-refractivity contribution in [2.45, 2.75) is 33.2 Å². The Morgan fingerprint density at radius 3 is 2.28 bits per heavy atom. The van der Waals surface area contributed by atoms with Crippen LogP contribution in [0, 0.1) is 13.8 Å². The maximum atomic E-state index is 4.70. The van der Waals surface area contributed by atoms with Crippen LogP contribution in [0.15, 0.2) is 24.3 Å². The normalized spacial score (nSPS) is 11.8. The van der Waals surface area contributed by atoms with E-state index in [2.05, 4.69) is 57.3 Å². The first-order valence-electron chi connectivity index (χ1n) is 6.18. The van der Waals surface area contributed by atoms with Crippen LogP contribution in [0.3, 0.4) is 0 Å². The Morgan fingerprint density at radius 2 is 1.72 bits per heavy atom. The van der Waals surface area contributed by atoms with Crippen molar-refractivity contribution >= 4 is 11.3 Å². The predicted molar refractivity (Wildman–Crippen MR) is 79.1 cm³/mol. The second-order valence-corrected chi connectivity index (χ2v) is 6.17. The van der Waals surface area contributed by atoms with Crippen LogP contribution in [0.2, 0.25) is 0 Å². The molecule has 0 aliphatic rings. The van der Waals surface area contributed by atoms with Crippen molar-refractivity contribution < 1.29 is 0 Å². The molecule has 0 fully saturated rings. The van der Waals surface area contributed by atoms with Gasteiger partial charge in [-0.25, -0.2) is 4.98 Å². The summed E-state index contributed by atoms with van der Waals surface area (Å²) in [6, 6.07) is 8.55. The van der Waals surface area contributed by atoms with Crippen LogP contribution in [0.25, 0.3) is 10.6 Å². The van der Waals surface area contributed by atoms with E-state index < -0.39 is 0 Å². The molecule has 0 aliphatic carbocycles. The average molecular weight is 260 g/mol. The van der Waals surface area contributed by atoms with E-state index in [0.717, 1.165) is 10.7 Å². The van der Waals surface area contributed by atoms with Crippen molar-refractivity contribution in [3.63, 3.8) is 0 Å². The number of hydrogen-bond acceptors (Lipinski definition) is 3. The van der Waals surface area contributed by atoms with Crippen LogP contribution in [-0.4, -0.2) is 12.0 Å². The summed E-state index contributed by atoms with van der Waals surface area (Å²) in [5.74, 6) is 0. The molecular formula is C15H20N2S. The van der Waals surface area contributed by atoms with Crippen LogP contribution in [0.4, 0.5) is 0 Å². The second kappa shape index (κ2) is 4.82. The third-order valence-corrected chi connectivity index (χ3v) is 4.82. The molecule has 1 N–H and O–H groups in total. The van der Waals surface area contributed by atoms with Gasteiger partial charge in [-0.3, -0.25) is 0 Å². The topological polar surface area (TPSA) is 24.9 Å². The molecule has 0 atom stereocenters. The lowest BCUT2D eigenvalue weighted by Crippen LogP contribution is -2.32. The first-order valence-corrected chi connectivity index (χ1v) is 6.99. The zero-order chi connectivity index (χ0) is 13.3. The van der Waals surface area contributed by atoms with Crippen molar-refractivity contribution in [3.8, 4) is 10.6 Å². The minimum absolute atomic E-state index is 0.0231. The van der Waals surface area contributed by atoms with Crippen LogP contribution in [0.5, 0.6) is 0 Å². The monoisotopic (exact) mass is 260 g/mol. The molecule has 1 aromatic heterocycles. The van der Waals surface area contributed by atoms with Crippen molar-refractivity contribution in [1.29, 1.82) is 0 Å². The highest BCUT2D eigenvalue weighted by atomic mass is 32.1. The molecule has 0 radical (unpaired) electrons. The van der Waals surface area contributed by atoms with Gasteiger partial charge in [0.05, 0.1) is 5.69 Å². The maximum absolute atomic E-state index is 4.70. The van der Waals surface area contributed by atoms with Gasteiger partial charge in [0, 0.05) is 16.0 Å². The molecule has 0 saturated heterocycles. The van der Waals surface area contributed by atoms with Crippen molar-refractivity contribution in [1.82, 2.24) is 10.3 Å². The van der Waals surface area contributed by atoms with Crippen molar-refractivity contribution in [2.24, 2.45) is 0 Å². The average Bonchev–Trinajstić information content (AvgIpc) is 2.73. The number of benzene rings is 1. The van der Waals surface area contributed by atoms with E-state index >= 15 is 0 Å². The molecule has 0 saturated carbocycles. The van der Waals surface area contributed by atoms with E-state index in [4.69, 9.17) is 4.98 Å². The number of nitrogens with zero attached hydrogens (tertiary/aromatic N) is 1. The number of hydrogen-bond donors (Lipinski definition) is 1. The van der Waals surface area contributed by atoms with Gasteiger partial charge in [-0.05, 0) is 34.7 Å². The minimum atomic E-state index is -0.0231. The Morgan fingerprint density at radius 1 is 1.11 bits per heavy atom. The second-order valence-electron chi connectivity index (χ2n) is 5.17. The molecule has 3 heteroatoms. The SMILES string of the molecule is CNC(C)(C)c1sc(-c2ccc(C)cc2)nc1C. The molecule has 1 heterocycles. The highest BCUT2D eigenvalue weighted by molar-refractivity contribution is 7.15. The lowest BCUT2D eigenvalue weighted by molar-refractivity contribution is 0.450. The zero-order valence-corrected chi connectivity index (χ0v) is 12.5. The number of aryl methyl sites for hydroxylation is 2. The summed E-state index contributed by atoms with van der Waals surface area (Å²) in [5, 5.41) is 4.45. The quantitative estimate of drug-likeness (QED) is 0.906. The van der Waals surface area contributed by atoms with Gasteiger partial charge < -0.3 is 5.32 Å². The summed E-state index contributed by atoms with van der Waals surface area (Å²) in [5.41, 5.74) is 3.58. The van der Waals surface area contributed by atoms with Gasteiger partial charge >= 0.3 is 0 Å². The van der Waals surface area contributed by atoms with Gasteiger partial charge in [-0.2, -0.15) is 0 Å². The summed E-state index contributed by atoms with van der Waals surface area (Å²) >= 11 is 1.78. The molecule has 18 heavy (non-hydrogen) atoms. The Balaban J connectivity index is 2.43. The van der Waals surface area contributed by atoms with Crippen molar-refractivity contribution in [2.75, 3.05) is 7.05 Å². The summed E-state index contributed by atoms with van der Waals surface area (Å²) < 4.78 is 0. The lowest BCUT2D eigenvalue weighted by atomic mass is 10.0. The van der Waals surface area contributed by atoms with Gasteiger partial charge in [0.25, 0.3) is 0 Å². The molecular weight excluding hydrogens is 240 g/mol. The Labute approximate surface area is 113 Å². The largest absolute Gasteiger partial charge is 0.310 e. The summed E-state index contributed by atoms with van der Waals surface area (Å²) in [6.45, 7) is 8.56. The number of nitrogens with one attached hydrogen (secondary N) is 1. The fraction of sp³-hybridized carbons (Fsp3) is 0.400. The van der Waals surface area contributed by atoms with Gasteiger partial charge in [-0.15, -0.1) is 11.3 Å². The fourth-order valence-electron chi connectivity index (χ4n) is 1.91. The van der Waals surface area contributed by atoms with E-state index in [1.807, 2.05) is 7.05 Å². The molecule has 1 aromatic carbocycles. The van der Waals surface area contributed by atoms with Crippen LogP contribution in [-0.2, 0) is 5.54 Å². The van der Waals surface area contributed by atoms with Gasteiger partial charge in [0.2, 0.25) is 0 Å². The van der Waals surface area contributed by atoms with E-state index in [0.29, 0.717) is 0 Å². The van der Waals surface area contributed by atoms with Crippen molar-refractivity contribution in [3.05, 3.63) is 40.4 Å². The Hall–Kier alpha value is -1.19. The smallest absolute Gasteiger partial charge is 0.123 e. The predicted octanol–water partition coefficient (Wildman–Crippen LogP) is 3.88. The molecule has 0 unspecified atom stereocenters. The molecule has 0 amide bonds. The first-order chi connectivity index (χ1) is 8.44. The van der Waals surface area contributed by atoms with Gasteiger partial charge in [-0.1, -0.05) is 29.8 Å². The standard InChI is InChI=1S/C15H20N2S/c1-10-6-8-12(9-7-10)14-17-11(2)13(18-14)15(3,4)16-5/h6-9,16H,1-5H3. The number of thiazole rings is 1. The minimum Gasteiger partial charge on any atom is -0.310 e. The molecule has 96 valence electrons. The molecule has 0 aliphatic heterocycles. The zero-order valence-electron chi connectivity index (χ0n) is 11.7. The molecule has 2 aromatic rings. The molecule has 0 spiro atoms. The third-order valence-electron chi connectivity index (χ3n) is 3.29. The number of rotatable bonds is 3.